The van der Waals surface area contributed by atoms with E-state index < -0.39 is 0 Å². The lowest BCUT2D eigenvalue weighted by atomic mass is 9.86. The molecule has 1 aromatic heterocycles. The van der Waals surface area contributed by atoms with Gasteiger partial charge in [-0.2, -0.15) is 0 Å². The molecular formula is C20H23N3O2S. The number of carbonyl (C=O) groups is 2. The summed E-state index contributed by atoms with van der Waals surface area (Å²) in [5.74, 6) is 2.19. The molecule has 2 N–H and O–H groups in total. The molecular weight excluding hydrogens is 346 g/mol. The van der Waals surface area contributed by atoms with Crippen LogP contribution < -0.4 is 10.6 Å². The molecule has 2 saturated carbocycles. The number of amides is 2. The third-order valence-electron chi connectivity index (χ3n) is 5.58. The summed E-state index contributed by atoms with van der Waals surface area (Å²) in [7, 11) is 0. The van der Waals surface area contributed by atoms with Gasteiger partial charge in [0.25, 0.3) is 0 Å². The molecule has 4 rings (SSSR count). The number of nitrogens with zero attached hydrogens (tertiary/aromatic N) is 1. The number of carbonyl (C=O) groups excluding carboxylic acids is 2. The Morgan fingerprint density at radius 3 is 2.62 bits per heavy atom. The van der Waals surface area contributed by atoms with E-state index in [-0.39, 0.29) is 11.8 Å². The monoisotopic (exact) mass is 369 g/mol. The van der Waals surface area contributed by atoms with Crippen LogP contribution in [0.25, 0.3) is 11.3 Å². The zero-order valence-corrected chi connectivity index (χ0v) is 15.6. The van der Waals surface area contributed by atoms with E-state index >= 15 is 0 Å². The summed E-state index contributed by atoms with van der Waals surface area (Å²) in [5, 5.41) is 8.31. The second-order valence-corrected chi connectivity index (χ2v) is 8.34. The van der Waals surface area contributed by atoms with Gasteiger partial charge in [0.2, 0.25) is 11.8 Å². The number of nitrogens with one attached hydrogen (secondary N) is 2. The number of thiazole rings is 1. The molecule has 6 heteroatoms. The first-order chi connectivity index (χ1) is 12.6. The quantitative estimate of drug-likeness (QED) is 0.813. The first kappa shape index (κ1) is 17.2. The Bertz CT molecular complexity index is 815. The summed E-state index contributed by atoms with van der Waals surface area (Å²) in [6.07, 6.45) is 5.84. The fraction of sp³-hybridized carbons (Fsp3) is 0.450. The van der Waals surface area contributed by atoms with Crippen LogP contribution in [0.4, 0.5) is 10.8 Å². The molecule has 1 aromatic carbocycles. The highest BCUT2D eigenvalue weighted by Gasteiger charge is 2.40. The van der Waals surface area contributed by atoms with E-state index in [2.05, 4.69) is 15.6 Å². The molecule has 0 spiro atoms. The number of hydrogen-bond donors (Lipinski definition) is 2. The predicted octanol–water partition coefficient (Wildman–Crippen LogP) is 4.53. The molecule has 0 radical (unpaired) electrons. The molecule has 26 heavy (non-hydrogen) atoms. The summed E-state index contributed by atoms with van der Waals surface area (Å²) in [5.41, 5.74) is 2.56. The third-order valence-corrected chi connectivity index (χ3v) is 6.34. The van der Waals surface area contributed by atoms with Gasteiger partial charge in [-0.15, -0.1) is 11.3 Å². The van der Waals surface area contributed by atoms with E-state index in [0.717, 1.165) is 28.8 Å². The van der Waals surface area contributed by atoms with E-state index in [1.165, 1.54) is 43.9 Å². The highest BCUT2D eigenvalue weighted by atomic mass is 32.1. The Morgan fingerprint density at radius 1 is 1.15 bits per heavy atom. The normalized spacial score (nSPS) is 23.8. The average Bonchev–Trinajstić information content (AvgIpc) is 3.32. The lowest BCUT2D eigenvalue weighted by Crippen LogP contribution is -2.20. The van der Waals surface area contributed by atoms with Crippen LogP contribution in [0.3, 0.4) is 0 Å². The van der Waals surface area contributed by atoms with E-state index in [1.807, 2.05) is 29.6 Å². The maximum atomic E-state index is 12.4. The van der Waals surface area contributed by atoms with Crippen LogP contribution in [0.15, 0.2) is 29.6 Å². The van der Waals surface area contributed by atoms with Gasteiger partial charge in [0, 0.05) is 30.0 Å². The lowest BCUT2D eigenvalue weighted by molar-refractivity contribution is -0.117. The minimum atomic E-state index is -0.0908. The Morgan fingerprint density at radius 2 is 1.96 bits per heavy atom. The summed E-state index contributed by atoms with van der Waals surface area (Å²) >= 11 is 1.45. The van der Waals surface area contributed by atoms with Crippen LogP contribution in [-0.4, -0.2) is 16.8 Å². The van der Waals surface area contributed by atoms with Gasteiger partial charge >= 0.3 is 0 Å². The highest BCUT2D eigenvalue weighted by molar-refractivity contribution is 7.14. The maximum Gasteiger partial charge on any atom is 0.226 e. The SMILES string of the molecule is CC(=O)Nc1ccc(-c2csc(NC(=O)CC3CC4CCC3C4)n2)cc1. The predicted molar refractivity (Wildman–Crippen MR) is 104 cm³/mol. The minimum absolute atomic E-state index is 0.0875. The lowest BCUT2D eigenvalue weighted by Gasteiger charge is -2.20. The van der Waals surface area contributed by atoms with Gasteiger partial charge in [0.15, 0.2) is 5.13 Å². The molecule has 0 saturated heterocycles. The van der Waals surface area contributed by atoms with Gasteiger partial charge in [-0.1, -0.05) is 18.6 Å². The summed E-state index contributed by atoms with van der Waals surface area (Å²) < 4.78 is 0. The van der Waals surface area contributed by atoms with Crippen molar-refractivity contribution in [2.45, 2.75) is 39.0 Å². The van der Waals surface area contributed by atoms with Crippen molar-refractivity contribution in [1.29, 1.82) is 0 Å². The van der Waals surface area contributed by atoms with Gasteiger partial charge < -0.3 is 10.6 Å². The van der Waals surface area contributed by atoms with Crippen LogP contribution in [0.5, 0.6) is 0 Å². The molecule has 5 nitrogen and oxygen atoms in total. The van der Waals surface area contributed by atoms with Gasteiger partial charge in [0.05, 0.1) is 5.69 Å². The molecule has 3 atom stereocenters. The summed E-state index contributed by atoms with van der Waals surface area (Å²) in [6, 6.07) is 7.54. The molecule has 2 aromatic rings. The van der Waals surface area contributed by atoms with Crippen molar-refractivity contribution >= 4 is 34.0 Å². The summed E-state index contributed by atoms with van der Waals surface area (Å²) in [6.45, 7) is 1.49. The van der Waals surface area contributed by atoms with Crippen molar-refractivity contribution < 1.29 is 9.59 Å². The van der Waals surface area contributed by atoms with Crippen molar-refractivity contribution in [3.8, 4) is 11.3 Å². The Labute approximate surface area is 157 Å². The largest absolute Gasteiger partial charge is 0.326 e. The first-order valence-electron chi connectivity index (χ1n) is 9.20. The van der Waals surface area contributed by atoms with Gasteiger partial charge in [-0.05, 0) is 49.1 Å². The van der Waals surface area contributed by atoms with E-state index in [4.69, 9.17) is 0 Å². The molecule has 2 bridgehead atoms. The fourth-order valence-corrected chi connectivity index (χ4v) is 5.16. The van der Waals surface area contributed by atoms with Crippen LogP contribution in [0.1, 0.15) is 39.0 Å². The van der Waals surface area contributed by atoms with Crippen molar-refractivity contribution in [1.82, 2.24) is 4.98 Å². The average molecular weight is 369 g/mol. The number of benzene rings is 1. The van der Waals surface area contributed by atoms with E-state index in [1.54, 1.807) is 0 Å². The topological polar surface area (TPSA) is 71.1 Å². The second-order valence-electron chi connectivity index (χ2n) is 7.48. The zero-order chi connectivity index (χ0) is 18.1. The molecule has 0 aliphatic heterocycles. The van der Waals surface area contributed by atoms with Crippen molar-refractivity contribution in [2.75, 3.05) is 10.6 Å². The highest BCUT2D eigenvalue weighted by Crippen LogP contribution is 2.49. The van der Waals surface area contributed by atoms with Crippen molar-refractivity contribution in [3.05, 3.63) is 29.6 Å². The molecule has 136 valence electrons. The number of anilines is 2. The van der Waals surface area contributed by atoms with E-state index in [0.29, 0.717) is 17.5 Å². The van der Waals surface area contributed by atoms with Crippen LogP contribution >= 0.6 is 11.3 Å². The van der Waals surface area contributed by atoms with Crippen molar-refractivity contribution in [2.24, 2.45) is 17.8 Å². The van der Waals surface area contributed by atoms with E-state index in [9.17, 15) is 9.59 Å². The second kappa shape index (κ2) is 7.19. The van der Waals surface area contributed by atoms with Crippen molar-refractivity contribution in [3.63, 3.8) is 0 Å². The molecule has 1 heterocycles. The number of rotatable bonds is 5. The Hall–Kier alpha value is -2.21. The number of aromatic nitrogens is 1. The van der Waals surface area contributed by atoms with Gasteiger partial charge in [-0.25, -0.2) is 4.98 Å². The Kier molecular flexibility index (Phi) is 4.76. The van der Waals surface area contributed by atoms with Gasteiger partial charge in [0.1, 0.15) is 0 Å². The maximum absolute atomic E-state index is 12.4. The molecule has 2 aliphatic carbocycles. The minimum Gasteiger partial charge on any atom is -0.326 e. The van der Waals surface area contributed by atoms with Crippen LogP contribution in [0.2, 0.25) is 0 Å². The van der Waals surface area contributed by atoms with Crippen LogP contribution in [0, 0.1) is 17.8 Å². The fourth-order valence-electron chi connectivity index (χ4n) is 4.43. The van der Waals surface area contributed by atoms with Crippen LogP contribution in [-0.2, 0) is 9.59 Å². The zero-order valence-electron chi connectivity index (χ0n) is 14.8. The molecule has 2 amide bonds. The molecule has 2 aliphatic rings. The number of fused-ring (bicyclic) bond motifs is 2. The molecule has 2 fully saturated rings. The third kappa shape index (κ3) is 3.80. The standard InChI is InChI=1S/C20H23N3O2S/c1-12(24)21-17-6-4-14(5-7-17)18-11-26-20(22-18)23-19(25)10-16-9-13-2-3-15(16)8-13/h4-7,11,13,15-16H,2-3,8-10H2,1H3,(H,21,24)(H,22,23,25). The smallest absolute Gasteiger partial charge is 0.226 e. The summed E-state index contributed by atoms with van der Waals surface area (Å²) in [4.78, 5) is 28.0. The first-order valence-corrected chi connectivity index (χ1v) is 10.1. The number of hydrogen-bond acceptors (Lipinski definition) is 4. The van der Waals surface area contributed by atoms with Gasteiger partial charge in [-0.3, -0.25) is 9.59 Å². The molecule has 3 unspecified atom stereocenters. The Balaban J connectivity index is 1.35.